The second kappa shape index (κ2) is 4.14. The highest BCUT2D eigenvalue weighted by molar-refractivity contribution is 5.51. The van der Waals surface area contributed by atoms with Crippen molar-refractivity contribution in [3.63, 3.8) is 0 Å². The van der Waals surface area contributed by atoms with Crippen molar-refractivity contribution in [1.82, 2.24) is 15.5 Å². The predicted molar refractivity (Wildman–Crippen MR) is 62.9 cm³/mol. The van der Waals surface area contributed by atoms with Gasteiger partial charge in [-0.05, 0) is 39.0 Å². The van der Waals surface area contributed by atoms with Gasteiger partial charge < -0.3 is 9.73 Å². The Morgan fingerprint density at radius 3 is 2.88 bits per heavy atom. The van der Waals surface area contributed by atoms with Gasteiger partial charge in [0.05, 0.1) is 6.26 Å². The summed E-state index contributed by atoms with van der Waals surface area (Å²) in [5.41, 5.74) is 2.01. The van der Waals surface area contributed by atoms with Crippen LogP contribution < -0.4 is 5.32 Å². The molecule has 4 nitrogen and oxygen atoms in total. The van der Waals surface area contributed by atoms with Crippen LogP contribution in [-0.2, 0) is 6.54 Å². The van der Waals surface area contributed by atoms with Crippen molar-refractivity contribution in [3.05, 3.63) is 30.2 Å². The van der Waals surface area contributed by atoms with Crippen LogP contribution in [0.1, 0.15) is 26.5 Å². The molecular weight excluding hydrogens is 202 g/mol. The predicted octanol–water partition coefficient (Wildman–Crippen LogP) is 2.56. The Balaban J connectivity index is 2.03. The Labute approximate surface area is 95.1 Å². The van der Waals surface area contributed by atoms with Gasteiger partial charge in [0.25, 0.3) is 0 Å². The third-order valence-electron chi connectivity index (χ3n) is 2.21. The van der Waals surface area contributed by atoms with E-state index in [0.717, 1.165) is 23.7 Å². The first kappa shape index (κ1) is 11.0. The lowest BCUT2D eigenvalue weighted by molar-refractivity contribution is 0.421. The van der Waals surface area contributed by atoms with E-state index in [1.165, 1.54) is 0 Å². The number of hydrogen-bond acceptors (Lipinski definition) is 3. The topological polar surface area (TPSA) is 53.9 Å². The highest BCUT2D eigenvalue weighted by atomic mass is 16.3. The van der Waals surface area contributed by atoms with Crippen molar-refractivity contribution >= 4 is 0 Å². The Kier molecular flexibility index (Phi) is 2.83. The first-order valence-electron chi connectivity index (χ1n) is 5.38. The van der Waals surface area contributed by atoms with Gasteiger partial charge in [-0.2, -0.15) is 5.10 Å². The summed E-state index contributed by atoms with van der Waals surface area (Å²) in [7, 11) is 0. The standard InChI is InChI=1S/C12H17N3O/c1-12(2,3)13-8-9-7-10(15-14-9)11-5-4-6-16-11/h4-7,13H,8H2,1-3H3,(H,14,15). The lowest BCUT2D eigenvalue weighted by Gasteiger charge is -2.19. The number of H-pyrrole nitrogens is 1. The Morgan fingerprint density at radius 1 is 1.44 bits per heavy atom. The zero-order valence-electron chi connectivity index (χ0n) is 9.87. The van der Waals surface area contributed by atoms with E-state index >= 15 is 0 Å². The molecular formula is C12H17N3O. The molecule has 4 heteroatoms. The molecule has 0 radical (unpaired) electrons. The van der Waals surface area contributed by atoms with Gasteiger partial charge in [-0.15, -0.1) is 0 Å². The monoisotopic (exact) mass is 219 g/mol. The maximum atomic E-state index is 5.28. The molecule has 0 aliphatic rings. The largest absolute Gasteiger partial charge is 0.463 e. The van der Waals surface area contributed by atoms with Crippen molar-refractivity contribution in [1.29, 1.82) is 0 Å². The third kappa shape index (κ3) is 2.73. The summed E-state index contributed by atoms with van der Waals surface area (Å²) in [5, 5.41) is 10.6. The van der Waals surface area contributed by atoms with Crippen molar-refractivity contribution in [2.75, 3.05) is 0 Å². The van der Waals surface area contributed by atoms with E-state index in [-0.39, 0.29) is 5.54 Å². The Bertz CT molecular complexity index is 437. The van der Waals surface area contributed by atoms with Crippen LogP contribution in [0.4, 0.5) is 0 Å². The third-order valence-corrected chi connectivity index (χ3v) is 2.21. The molecule has 0 bridgehead atoms. The molecule has 16 heavy (non-hydrogen) atoms. The molecule has 0 spiro atoms. The number of rotatable bonds is 3. The van der Waals surface area contributed by atoms with E-state index in [0.29, 0.717) is 0 Å². The van der Waals surface area contributed by atoms with Crippen LogP contribution in [0.15, 0.2) is 28.9 Å². The second-order valence-electron chi connectivity index (χ2n) is 4.86. The smallest absolute Gasteiger partial charge is 0.154 e. The molecule has 2 aromatic heterocycles. The minimum Gasteiger partial charge on any atom is -0.463 e. The van der Waals surface area contributed by atoms with Crippen LogP contribution in [0.25, 0.3) is 11.5 Å². The first-order chi connectivity index (χ1) is 7.54. The maximum absolute atomic E-state index is 5.28. The van der Waals surface area contributed by atoms with E-state index in [4.69, 9.17) is 4.42 Å². The van der Waals surface area contributed by atoms with Gasteiger partial charge >= 0.3 is 0 Å². The fourth-order valence-electron chi connectivity index (χ4n) is 1.36. The number of nitrogens with zero attached hydrogens (tertiary/aromatic N) is 1. The van der Waals surface area contributed by atoms with Gasteiger partial charge in [-0.3, -0.25) is 5.10 Å². The fourth-order valence-corrected chi connectivity index (χ4v) is 1.36. The minimum atomic E-state index is 0.107. The zero-order chi connectivity index (χ0) is 11.6. The SMILES string of the molecule is CC(C)(C)NCc1cc(-c2ccco2)n[nH]1. The van der Waals surface area contributed by atoms with Crippen molar-refractivity contribution < 1.29 is 4.42 Å². The van der Waals surface area contributed by atoms with Crippen molar-refractivity contribution in [2.45, 2.75) is 32.9 Å². The van der Waals surface area contributed by atoms with Crippen molar-refractivity contribution in [2.24, 2.45) is 0 Å². The van der Waals surface area contributed by atoms with E-state index in [9.17, 15) is 0 Å². The molecule has 2 N–H and O–H groups in total. The van der Waals surface area contributed by atoms with Crippen molar-refractivity contribution in [3.8, 4) is 11.5 Å². The van der Waals surface area contributed by atoms with Crippen LogP contribution in [0, 0.1) is 0 Å². The van der Waals surface area contributed by atoms with Gasteiger partial charge in [-0.25, -0.2) is 0 Å². The molecule has 2 aromatic rings. The summed E-state index contributed by atoms with van der Waals surface area (Å²) in [6, 6.07) is 5.76. The summed E-state index contributed by atoms with van der Waals surface area (Å²) < 4.78 is 5.28. The van der Waals surface area contributed by atoms with Gasteiger partial charge in [0, 0.05) is 17.8 Å². The Hall–Kier alpha value is -1.55. The summed E-state index contributed by atoms with van der Waals surface area (Å²) in [6.45, 7) is 7.18. The summed E-state index contributed by atoms with van der Waals surface area (Å²) in [6.07, 6.45) is 1.65. The molecule has 0 aliphatic carbocycles. The Morgan fingerprint density at radius 2 is 2.25 bits per heavy atom. The molecule has 0 saturated heterocycles. The van der Waals surface area contributed by atoms with Crippen LogP contribution in [0.3, 0.4) is 0 Å². The minimum absolute atomic E-state index is 0.107. The highest BCUT2D eigenvalue weighted by Gasteiger charge is 2.10. The molecule has 0 saturated carbocycles. The zero-order valence-corrected chi connectivity index (χ0v) is 9.87. The molecule has 86 valence electrons. The summed E-state index contributed by atoms with van der Waals surface area (Å²) >= 11 is 0. The fraction of sp³-hybridized carbons (Fsp3) is 0.417. The quantitative estimate of drug-likeness (QED) is 0.834. The number of hydrogen-bond donors (Lipinski definition) is 2. The molecule has 0 aliphatic heterocycles. The highest BCUT2D eigenvalue weighted by Crippen LogP contribution is 2.17. The second-order valence-corrected chi connectivity index (χ2v) is 4.86. The number of aromatic amines is 1. The summed E-state index contributed by atoms with van der Waals surface area (Å²) in [4.78, 5) is 0. The van der Waals surface area contributed by atoms with E-state index < -0.39 is 0 Å². The van der Waals surface area contributed by atoms with Gasteiger partial charge in [-0.1, -0.05) is 0 Å². The lowest BCUT2D eigenvalue weighted by Crippen LogP contribution is -2.35. The molecule has 0 atom stereocenters. The molecule has 2 rings (SSSR count). The number of aromatic nitrogens is 2. The van der Waals surface area contributed by atoms with Gasteiger partial charge in [0.1, 0.15) is 5.69 Å². The van der Waals surface area contributed by atoms with Gasteiger partial charge in [0.2, 0.25) is 0 Å². The van der Waals surface area contributed by atoms with Crippen LogP contribution in [0.2, 0.25) is 0 Å². The van der Waals surface area contributed by atoms with Gasteiger partial charge in [0.15, 0.2) is 5.76 Å². The molecule has 0 aromatic carbocycles. The molecule has 0 unspecified atom stereocenters. The first-order valence-corrected chi connectivity index (χ1v) is 5.38. The number of nitrogens with one attached hydrogen (secondary N) is 2. The molecule has 2 heterocycles. The lowest BCUT2D eigenvalue weighted by atomic mass is 10.1. The van der Waals surface area contributed by atoms with E-state index in [2.05, 4.69) is 36.3 Å². The van der Waals surface area contributed by atoms with Crippen LogP contribution in [-0.4, -0.2) is 15.7 Å². The molecule has 0 fully saturated rings. The summed E-state index contributed by atoms with van der Waals surface area (Å²) in [5.74, 6) is 0.790. The molecule has 0 amide bonds. The van der Waals surface area contributed by atoms with Crippen LogP contribution in [0.5, 0.6) is 0 Å². The number of furan rings is 1. The average Bonchev–Trinajstić information content (AvgIpc) is 2.84. The normalized spacial score (nSPS) is 11.9. The maximum Gasteiger partial charge on any atom is 0.154 e. The van der Waals surface area contributed by atoms with E-state index in [1.54, 1.807) is 6.26 Å². The van der Waals surface area contributed by atoms with Crippen LogP contribution >= 0.6 is 0 Å². The van der Waals surface area contributed by atoms with E-state index in [1.807, 2.05) is 18.2 Å². The average molecular weight is 219 g/mol.